The molecule has 5 aromatic rings. The lowest BCUT2D eigenvalue weighted by Crippen LogP contribution is -2.23. The van der Waals surface area contributed by atoms with E-state index >= 15 is 0 Å². The first kappa shape index (κ1) is 18.0. The summed E-state index contributed by atoms with van der Waals surface area (Å²) >= 11 is 3.48. The van der Waals surface area contributed by atoms with Crippen LogP contribution in [0.3, 0.4) is 0 Å². The van der Waals surface area contributed by atoms with Gasteiger partial charge in [-0.1, -0.05) is 35.0 Å². The normalized spacial score (nSPS) is 12.8. The van der Waals surface area contributed by atoms with Gasteiger partial charge in [-0.3, -0.25) is 13.9 Å². The standard InChI is InChI=1S/C22H18BrN5O/c1-3-13(2)27-12-24-20-18(22(27)29)19-21(26-17-7-5-4-6-16(17)25-19)28(20)15-10-8-14(23)9-11-15/h4-13H,3H2,1-2H3. The Morgan fingerprint density at radius 3 is 2.38 bits per heavy atom. The van der Waals surface area contributed by atoms with Crippen molar-refractivity contribution in [3.63, 3.8) is 0 Å². The van der Waals surface area contributed by atoms with E-state index in [1.165, 1.54) is 0 Å². The minimum absolute atomic E-state index is 0.0545. The van der Waals surface area contributed by atoms with Crippen molar-refractivity contribution in [2.24, 2.45) is 0 Å². The molecule has 0 aliphatic carbocycles. The summed E-state index contributed by atoms with van der Waals surface area (Å²) in [5.41, 5.74) is 4.11. The lowest BCUT2D eigenvalue weighted by Gasteiger charge is -2.12. The monoisotopic (exact) mass is 447 g/mol. The van der Waals surface area contributed by atoms with Gasteiger partial charge in [0.05, 0.1) is 11.0 Å². The Morgan fingerprint density at radius 1 is 1.00 bits per heavy atom. The van der Waals surface area contributed by atoms with Gasteiger partial charge in [0.2, 0.25) is 0 Å². The fraction of sp³-hybridized carbons (Fsp3) is 0.182. The maximum Gasteiger partial charge on any atom is 0.265 e. The van der Waals surface area contributed by atoms with E-state index < -0.39 is 0 Å². The molecule has 0 fully saturated rings. The molecule has 7 heteroatoms. The third-order valence-electron chi connectivity index (χ3n) is 5.34. The zero-order chi connectivity index (χ0) is 20.1. The quantitative estimate of drug-likeness (QED) is 0.389. The fourth-order valence-corrected chi connectivity index (χ4v) is 3.86. The van der Waals surface area contributed by atoms with E-state index in [4.69, 9.17) is 9.97 Å². The number of benzene rings is 2. The highest BCUT2D eigenvalue weighted by Crippen LogP contribution is 2.29. The predicted octanol–water partition coefficient (Wildman–Crippen LogP) is 5.02. The molecule has 5 rings (SSSR count). The topological polar surface area (TPSA) is 65.6 Å². The first-order valence-corrected chi connectivity index (χ1v) is 10.3. The number of nitrogens with zero attached hydrogens (tertiary/aromatic N) is 5. The maximum absolute atomic E-state index is 13.4. The van der Waals surface area contributed by atoms with Crippen LogP contribution in [0.5, 0.6) is 0 Å². The molecule has 0 bridgehead atoms. The molecule has 3 heterocycles. The van der Waals surface area contributed by atoms with Crippen LogP contribution in [-0.4, -0.2) is 24.1 Å². The van der Waals surface area contributed by atoms with E-state index in [0.717, 1.165) is 27.6 Å². The summed E-state index contributed by atoms with van der Waals surface area (Å²) in [6.07, 6.45) is 2.47. The molecular weight excluding hydrogens is 430 g/mol. The average molecular weight is 448 g/mol. The van der Waals surface area contributed by atoms with Gasteiger partial charge in [0.1, 0.15) is 17.2 Å². The van der Waals surface area contributed by atoms with Crippen LogP contribution in [0.1, 0.15) is 26.3 Å². The van der Waals surface area contributed by atoms with Gasteiger partial charge >= 0.3 is 0 Å². The SMILES string of the molecule is CCC(C)n1cnc2c(c1=O)c1nc3ccccc3nc1n2-c1ccc(Br)cc1. The van der Waals surface area contributed by atoms with Crippen molar-refractivity contribution >= 4 is 49.2 Å². The zero-order valence-electron chi connectivity index (χ0n) is 16.0. The lowest BCUT2D eigenvalue weighted by molar-refractivity contribution is 0.510. The summed E-state index contributed by atoms with van der Waals surface area (Å²) in [6, 6.07) is 15.6. The first-order valence-electron chi connectivity index (χ1n) is 9.52. The first-order chi connectivity index (χ1) is 14.1. The van der Waals surface area contributed by atoms with Gasteiger partial charge in [0, 0.05) is 16.2 Å². The minimum atomic E-state index is -0.0882. The average Bonchev–Trinajstić information content (AvgIpc) is 3.06. The van der Waals surface area contributed by atoms with Crippen LogP contribution in [0.4, 0.5) is 0 Å². The Bertz CT molecular complexity index is 1440. The van der Waals surface area contributed by atoms with E-state index in [-0.39, 0.29) is 11.6 Å². The number of aromatic nitrogens is 5. The summed E-state index contributed by atoms with van der Waals surface area (Å²) in [6.45, 7) is 4.07. The lowest BCUT2D eigenvalue weighted by atomic mass is 10.2. The molecule has 0 spiro atoms. The molecule has 3 aromatic heterocycles. The number of rotatable bonds is 3. The van der Waals surface area contributed by atoms with Crippen LogP contribution in [0.15, 0.2) is 64.1 Å². The Hall–Kier alpha value is -3.06. The number of para-hydroxylation sites is 2. The molecule has 0 saturated heterocycles. The van der Waals surface area contributed by atoms with Crippen LogP contribution < -0.4 is 5.56 Å². The Morgan fingerprint density at radius 2 is 1.69 bits per heavy atom. The number of hydrogen-bond acceptors (Lipinski definition) is 4. The third-order valence-corrected chi connectivity index (χ3v) is 5.87. The molecule has 1 unspecified atom stereocenters. The highest BCUT2D eigenvalue weighted by Gasteiger charge is 2.21. The summed E-state index contributed by atoms with van der Waals surface area (Å²) in [5.74, 6) is 0. The van der Waals surface area contributed by atoms with Crippen molar-refractivity contribution in [1.29, 1.82) is 0 Å². The van der Waals surface area contributed by atoms with E-state index in [2.05, 4.69) is 27.8 Å². The van der Waals surface area contributed by atoms with Crippen molar-refractivity contribution in [2.75, 3.05) is 0 Å². The molecule has 0 amide bonds. The summed E-state index contributed by atoms with van der Waals surface area (Å²) in [4.78, 5) is 27.7. The van der Waals surface area contributed by atoms with Crippen molar-refractivity contribution in [3.05, 3.63) is 69.7 Å². The maximum atomic E-state index is 13.4. The highest BCUT2D eigenvalue weighted by molar-refractivity contribution is 9.10. The molecule has 144 valence electrons. The van der Waals surface area contributed by atoms with Gasteiger partial charge in [0.15, 0.2) is 11.3 Å². The van der Waals surface area contributed by atoms with Crippen molar-refractivity contribution < 1.29 is 0 Å². The zero-order valence-corrected chi connectivity index (χ0v) is 17.6. The molecular formula is C22H18BrN5O. The largest absolute Gasteiger partial charge is 0.296 e. The van der Waals surface area contributed by atoms with Crippen LogP contribution in [0.25, 0.3) is 38.9 Å². The van der Waals surface area contributed by atoms with Crippen LogP contribution in [0.2, 0.25) is 0 Å². The number of halogens is 1. The summed E-state index contributed by atoms with van der Waals surface area (Å²) < 4.78 is 4.58. The molecule has 29 heavy (non-hydrogen) atoms. The molecule has 0 aliphatic rings. The summed E-state index contributed by atoms with van der Waals surface area (Å²) in [5, 5.41) is 0.504. The fourth-order valence-electron chi connectivity index (χ4n) is 3.60. The van der Waals surface area contributed by atoms with E-state index in [1.807, 2.05) is 60.0 Å². The highest BCUT2D eigenvalue weighted by atomic mass is 79.9. The van der Waals surface area contributed by atoms with Gasteiger partial charge in [-0.25, -0.2) is 15.0 Å². The van der Waals surface area contributed by atoms with Crippen molar-refractivity contribution in [2.45, 2.75) is 26.3 Å². The second-order valence-electron chi connectivity index (χ2n) is 7.11. The number of fused-ring (bicyclic) bond motifs is 4. The summed E-state index contributed by atoms with van der Waals surface area (Å²) in [7, 11) is 0. The van der Waals surface area contributed by atoms with Crippen LogP contribution in [0, 0.1) is 0 Å². The molecule has 2 aromatic carbocycles. The Balaban J connectivity index is 1.98. The van der Waals surface area contributed by atoms with Gasteiger partial charge < -0.3 is 0 Å². The van der Waals surface area contributed by atoms with Gasteiger partial charge in [0.25, 0.3) is 5.56 Å². The Kier molecular flexibility index (Phi) is 4.20. The minimum Gasteiger partial charge on any atom is -0.296 e. The van der Waals surface area contributed by atoms with Gasteiger partial charge in [-0.15, -0.1) is 0 Å². The van der Waals surface area contributed by atoms with E-state index in [1.54, 1.807) is 10.9 Å². The smallest absolute Gasteiger partial charge is 0.265 e. The van der Waals surface area contributed by atoms with Crippen LogP contribution >= 0.6 is 15.9 Å². The van der Waals surface area contributed by atoms with Gasteiger partial charge in [-0.2, -0.15) is 0 Å². The molecule has 0 saturated carbocycles. The van der Waals surface area contributed by atoms with Gasteiger partial charge in [-0.05, 0) is 49.7 Å². The predicted molar refractivity (Wildman–Crippen MR) is 119 cm³/mol. The van der Waals surface area contributed by atoms with E-state index in [9.17, 15) is 4.79 Å². The molecule has 0 radical (unpaired) electrons. The van der Waals surface area contributed by atoms with Crippen molar-refractivity contribution in [1.82, 2.24) is 24.1 Å². The molecule has 6 nitrogen and oxygen atoms in total. The molecule has 0 aliphatic heterocycles. The van der Waals surface area contributed by atoms with Crippen molar-refractivity contribution in [3.8, 4) is 5.69 Å². The third kappa shape index (κ3) is 2.76. The number of hydrogen-bond donors (Lipinski definition) is 0. The molecule has 1 atom stereocenters. The Labute approximate surface area is 175 Å². The van der Waals surface area contributed by atoms with Crippen LogP contribution in [-0.2, 0) is 0 Å². The van der Waals surface area contributed by atoms with E-state index in [0.29, 0.717) is 22.2 Å². The molecule has 0 N–H and O–H groups in total. The second-order valence-corrected chi connectivity index (χ2v) is 8.02. The second kappa shape index (κ2) is 6.77.